The van der Waals surface area contributed by atoms with E-state index in [0.717, 1.165) is 10.2 Å². The van der Waals surface area contributed by atoms with Crippen LogP contribution in [-0.4, -0.2) is 28.8 Å². The van der Waals surface area contributed by atoms with Crippen molar-refractivity contribution in [1.29, 1.82) is 0 Å². The van der Waals surface area contributed by atoms with Crippen LogP contribution in [0.3, 0.4) is 0 Å². The molecule has 1 amide bonds. The van der Waals surface area contributed by atoms with Crippen molar-refractivity contribution in [3.05, 3.63) is 64.1 Å². The minimum absolute atomic E-state index is 0.293. The number of hydrogen-bond acceptors (Lipinski definition) is 4. The lowest BCUT2D eigenvalue weighted by atomic mass is 9.96. The Morgan fingerprint density at radius 1 is 1.32 bits per heavy atom. The summed E-state index contributed by atoms with van der Waals surface area (Å²) in [5, 5.41) is 16.9. The summed E-state index contributed by atoms with van der Waals surface area (Å²) in [4.78, 5) is 13.0. The summed E-state index contributed by atoms with van der Waals surface area (Å²) in [6.45, 7) is 1.96. The van der Waals surface area contributed by atoms with Crippen LogP contribution in [0.5, 0.6) is 5.75 Å². The average Bonchev–Trinajstić information content (AvgIpc) is 2.99. The molecule has 1 N–H and O–H groups in total. The first-order chi connectivity index (χ1) is 12.0. The van der Waals surface area contributed by atoms with Crippen molar-refractivity contribution in [3.63, 3.8) is 0 Å². The Hall–Kier alpha value is -2.18. The van der Waals surface area contributed by atoms with E-state index in [2.05, 4.69) is 21.0 Å². The second-order valence-corrected chi connectivity index (χ2v) is 6.78. The number of nitrogens with zero attached hydrogens (tertiary/aromatic N) is 2. The molecule has 2 aromatic rings. The van der Waals surface area contributed by atoms with Gasteiger partial charge in [0.25, 0.3) is 5.91 Å². The van der Waals surface area contributed by atoms with Gasteiger partial charge in [-0.05, 0) is 36.8 Å². The molecular weight excluding hydrogens is 384 g/mol. The summed E-state index contributed by atoms with van der Waals surface area (Å²) in [6.07, 6.45) is 0.960. The second kappa shape index (κ2) is 6.98. The molecule has 5 nitrogen and oxygen atoms in total. The fraction of sp³-hybridized carbons (Fsp3) is 0.263. The molecule has 25 heavy (non-hydrogen) atoms. The van der Waals surface area contributed by atoms with Crippen LogP contribution in [0, 0.1) is 0 Å². The molecule has 0 aromatic heterocycles. The van der Waals surface area contributed by atoms with E-state index in [0.29, 0.717) is 29.7 Å². The maximum absolute atomic E-state index is 13.0. The Labute approximate surface area is 155 Å². The highest BCUT2D eigenvalue weighted by molar-refractivity contribution is 9.10. The van der Waals surface area contributed by atoms with E-state index in [1.807, 2.05) is 19.1 Å². The zero-order valence-electron chi connectivity index (χ0n) is 14.1. The molecule has 0 saturated heterocycles. The molecular formula is C19H19BrN2O3. The van der Waals surface area contributed by atoms with E-state index in [1.165, 1.54) is 5.01 Å². The fourth-order valence-electron chi connectivity index (χ4n) is 2.85. The molecule has 1 aliphatic heterocycles. The predicted octanol–water partition coefficient (Wildman–Crippen LogP) is 3.91. The number of methoxy groups -OCH3 is 1. The summed E-state index contributed by atoms with van der Waals surface area (Å²) in [6, 6.07) is 14.1. The number of halogens is 1. The van der Waals surface area contributed by atoms with Gasteiger partial charge in [-0.15, -0.1) is 0 Å². The molecule has 0 fully saturated rings. The SMILES string of the molecule is CCC1=NN(C(=O)c2cccc(OC)c2)C(O)(c2ccc(Br)cc2)C1. The van der Waals surface area contributed by atoms with Crippen LogP contribution >= 0.6 is 15.9 Å². The van der Waals surface area contributed by atoms with Crippen LogP contribution in [0.1, 0.15) is 35.7 Å². The Morgan fingerprint density at radius 2 is 2.04 bits per heavy atom. The number of carbonyl (C=O) groups excluding carboxylic acids is 1. The van der Waals surface area contributed by atoms with Gasteiger partial charge in [0.2, 0.25) is 0 Å². The van der Waals surface area contributed by atoms with Crippen LogP contribution in [0.4, 0.5) is 0 Å². The minimum atomic E-state index is -1.49. The molecule has 6 heteroatoms. The van der Waals surface area contributed by atoms with E-state index in [9.17, 15) is 9.90 Å². The number of amides is 1. The smallest absolute Gasteiger partial charge is 0.277 e. The lowest BCUT2D eigenvalue weighted by Crippen LogP contribution is -2.43. The zero-order chi connectivity index (χ0) is 18.0. The van der Waals surface area contributed by atoms with Gasteiger partial charge in [0.1, 0.15) is 5.75 Å². The first-order valence-corrected chi connectivity index (χ1v) is 8.80. The summed E-state index contributed by atoms with van der Waals surface area (Å²) in [5.41, 5.74) is 0.323. The Bertz CT molecular complexity index is 820. The molecule has 0 saturated carbocycles. The third-order valence-electron chi connectivity index (χ3n) is 4.27. The highest BCUT2D eigenvalue weighted by Crippen LogP contribution is 2.37. The standard InChI is InChI=1S/C19H19BrN2O3/c1-3-16-12-19(24,14-7-9-15(20)10-8-14)22(21-16)18(23)13-5-4-6-17(11-13)25-2/h4-11,24H,3,12H2,1-2H3. The zero-order valence-corrected chi connectivity index (χ0v) is 15.7. The molecule has 0 bridgehead atoms. The summed E-state index contributed by atoms with van der Waals surface area (Å²) in [5.74, 6) is 0.213. The molecule has 2 aromatic carbocycles. The third kappa shape index (κ3) is 3.32. The van der Waals surface area contributed by atoms with E-state index in [-0.39, 0.29) is 5.91 Å². The van der Waals surface area contributed by atoms with Crippen molar-refractivity contribution in [3.8, 4) is 5.75 Å². The van der Waals surface area contributed by atoms with Crippen molar-refractivity contribution in [2.75, 3.05) is 7.11 Å². The van der Waals surface area contributed by atoms with Gasteiger partial charge in [-0.25, -0.2) is 0 Å². The average molecular weight is 403 g/mol. The van der Waals surface area contributed by atoms with Gasteiger partial charge in [-0.2, -0.15) is 10.1 Å². The maximum atomic E-state index is 13.0. The lowest BCUT2D eigenvalue weighted by molar-refractivity contribution is -0.0765. The van der Waals surface area contributed by atoms with Crippen molar-refractivity contribution in [1.82, 2.24) is 5.01 Å². The van der Waals surface area contributed by atoms with Crippen molar-refractivity contribution in [2.24, 2.45) is 5.10 Å². The van der Waals surface area contributed by atoms with Crippen molar-refractivity contribution < 1.29 is 14.6 Å². The van der Waals surface area contributed by atoms with E-state index in [1.54, 1.807) is 43.5 Å². The molecule has 1 unspecified atom stereocenters. The van der Waals surface area contributed by atoms with Crippen LogP contribution < -0.4 is 4.74 Å². The predicted molar refractivity (Wildman–Crippen MR) is 99.5 cm³/mol. The summed E-state index contributed by atoms with van der Waals surface area (Å²) >= 11 is 3.39. The monoisotopic (exact) mass is 402 g/mol. The first-order valence-electron chi connectivity index (χ1n) is 8.01. The fourth-order valence-corrected chi connectivity index (χ4v) is 3.11. The Kier molecular flexibility index (Phi) is 4.92. The van der Waals surface area contributed by atoms with Crippen LogP contribution in [0.2, 0.25) is 0 Å². The van der Waals surface area contributed by atoms with Gasteiger partial charge >= 0.3 is 0 Å². The molecule has 0 spiro atoms. The number of rotatable bonds is 4. The van der Waals surface area contributed by atoms with E-state index >= 15 is 0 Å². The van der Waals surface area contributed by atoms with Gasteiger partial charge in [-0.1, -0.05) is 41.1 Å². The van der Waals surface area contributed by atoms with Gasteiger partial charge in [0, 0.05) is 27.7 Å². The van der Waals surface area contributed by atoms with Gasteiger partial charge in [0.15, 0.2) is 5.72 Å². The molecule has 1 heterocycles. The summed E-state index contributed by atoms with van der Waals surface area (Å²) in [7, 11) is 1.55. The van der Waals surface area contributed by atoms with Gasteiger partial charge in [0.05, 0.1) is 7.11 Å². The van der Waals surface area contributed by atoms with Crippen molar-refractivity contribution >= 4 is 27.5 Å². The number of benzene rings is 2. The molecule has 3 rings (SSSR count). The minimum Gasteiger partial charge on any atom is -0.497 e. The van der Waals surface area contributed by atoms with Crippen LogP contribution in [0.25, 0.3) is 0 Å². The molecule has 130 valence electrons. The Balaban J connectivity index is 2.01. The van der Waals surface area contributed by atoms with Crippen LogP contribution in [-0.2, 0) is 5.72 Å². The highest BCUT2D eigenvalue weighted by Gasteiger charge is 2.45. The molecule has 0 aliphatic carbocycles. The number of hydrogen-bond donors (Lipinski definition) is 1. The molecule has 1 atom stereocenters. The third-order valence-corrected chi connectivity index (χ3v) is 4.79. The van der Waals surface area contributed by atoms with Crippen LogP contribution in [0.15, 0.2) is 58.1 Å². The van der Waals surface area contributed by atoms with Crippen molar-refractivity contribution in [2.45, 2.75) is 25.5 Å². The second-order valence-electron chi connectivity index (χ2n) is 5.87. The quantitative estimate of drug-likeness (QED) is 0.842. The molecule has 0 radical (unpaired) electrons. The normalized spacial score (nSPS) is 19.7. The van der Waals surface area contributed by atoms with E-state index in [4.69, 9.17) is 4.74 Å². The summed E-state index contributed by atoms with van der Waals surface area (Å²) < 4.78 is 6.09. The number of carbonyl (C=O) groups is 1. The Morgan fingerprint density at radius 3 is 2.68 bits per heavy atom. The lowest BCUT2D eigenvalue weighted by Gasteiger charge is -2.31. The van der Waals surface area contributed by atoms with Gasteiger partial charge in [-0.3, -0.25) is 4.79 Å². The maximum Gasteiger partial charge on any atom is 0.277 e. The first kappa shape index (κ1) is 17.6. The highest BCUT2D eigenvalue weighted by atomic mass is 79.9. The van der Waals surface area contributed by atoms with E-state index < -0.39 is 5.72 Å². The van der Waals surface area contributed by atoms with Gasteiger partial charge < -0.3 is 9.84 Å². The number of aliphatic hydroxyl groups is 1. The topological polar surface area (TPSA) is 62.1 Å². The largest absolute Gasteiger partial charge is 0.497 e. The number of ether oxygens (including phenoxy) is 1. The number of hydrazone groups is 1. The molecule has 1 aliphatic rings.